The molecule has 0 radical (unpaired) electrons. The van der Waals surface area contributed by atoms with Crippen molar-refractivity contribution in [1.29, 1.82) is 0 Å². The van der Waals surface area contributed by atoms with Crippen LogP contribution < -0.4 is 4.72 Å². The summed E-state index contributed by atoms with van der Waals surface area (Å²) in [5.41, 5.74) is -1.24. The van der Waals surface area contributed by atoms with Gasteiger partial charge in [-0.05, 0) is 6.42 Å². The van der Waals surface area contributed by atoms with Crippen LogP contribution in [-0.2, 0) is 15.6 Å². The third-order valence-corrected chi connectivity index (χ3v) is 3.25. The zero-order valence-corrected chi connectivity index (χ0v) is 10.5. The molecule has 1 atom stereocenters. The Morgan fingerprint density at radius 1 is 1.33 bits per heavy atom. The first-order valence-corrected chi connectivity index (χ1v) is 7.12. The Hall–Kier alpha value is -1.60. The molecular weight excluding hydrogens is 257 g/mol. The molecule has 18 heavy (non-hydrogen) atoms. The maximum Gasteiger partial charge on any atom is 0.236 e. The average molecular weight is 269 g/mol. The third kappa shape index (κ3) is 2.62. The fraction of sp³-hybridized carbons (Fsp3) is 0.273. The van der Waals surface area contributed by atoms with E-state index in [1.807, 2.05) is 0 Å². The monoisotopic (exact) mass is 269 g/mol. The summed E-state index contributed by atoms with van der Waals surface area (Å²) < 4.78 is 39.0. The first kappa shape index (κ1) is 12.8. The van der Waals surface area contributed by atoms with Gasteiger partial charge in [-0.15, -0.1) is 0 Å². The fourth-order valence-corrected chi connectivity index (χ4v) is 2.78. The highest BCUT2D eigenvalue weighted by Crippen LogP contribution is 2.30. The van der Waals surface area contributed by atoms with Crippen LogP contribution in [0, 0.1) is 5.95 Å². The number of hydrogen-bond donors (Lipinski definition) is 1. The smallest absolute Gasteiger partial charge is 0.236 e. The van der Waals surface area contributed by atoms with Gasteiger partial charge in [0, 0.05) is 12.4 Å². The Labute approximate surface area is 105 Å². The van der Waals surface area contributed by atoms with Crippen LogP contribution in [0.4, 0.5) is 4.39 Å². The number of aromatic nitrogens is 2. The summed E-state index contributed by atoms with van der Waals surface area (Å²) in [6, 6.07) is 0. The third-order valence-electron chi connectivity index (χ3n) is 2.51. The van der Waals surface area contributed by atoms with Gasteiger partial charge in [0.05, 0.1) is 6.26 Å². The van der Waals surface area contributed by atoms with E-state index in [4.69, 9.17) is 0 Å². The summed E-state index contributed by atoms with van der Waals surface area (Å²) >= 11 is 0. The molecule has 1 aromatic rings. The SMILES string of the molecule is CS(=O)(=O)NC1(c2nccnc2F)C=CC=CC1. The fourth-order valence-electron chi connectivity index (χ4n) is 1.87. The molecule has 0 saturated heterocycles. The van der Waals surface area contributed by atoms with E-state index in [2.05, 4.69) is 14.7 Å². The summed E-state index contributed by atoms with van der Waals surface area (Å²) in [4.78, 5) is 7.42. The second kappa shape index (κ2) is 4.58. The van der Waals surface area contributed by atoms with E-state index in [0.29, 0.717) is 0 Å². The van der Waals surface area contributed by atoms with Crippen LogP contribution in [0.5, 0.6) is 0 Å². The quantitative estimate of drug-likeness (QED) is 0.884. The molecule has 1 heterocycles. The molecule has 0 aromatic carbocycles. The molecule has 1 aromatic heterocycles. The van der Waals surface area contributed by atoms with Crippen LogP contribution in [0.25, 0.3) is 0 Å². The predicted molar refractivity (Wildman–Crippen MR) is 64.5 cm³/mol. The van der Waals surface area contributed by atoms with Crippen molar-refractivity contribution in [3.63, 3.8) is 0 Å². The molecule has 2 rings (SSSR count). The second-order valence-electron chi connectivity index (χ2n) is 4.03. The average Bonchev–Trinajstić information content (AvgIpc) is 2.28. The van der Waals surface area contributed by atoms with Crippen molar-refractivity contribution in [3.05, 3.63) is 48.3 Å². The first-order chi connectivity index (χ1) is 8.43. The number of hydrogen-bond acceptors (Lipinski definition) is 4. The molecule has 1 aliphatic carbocycles. The van der Waals surface area contributed by atoms with Crippen molar-refractivity contribution in [1.82, 2.24) is 14.7 Å². The molecule has 0 bridgehead atoms. The number of halogens is 1. The second-order valence-corrected chi connectivity index (χ2v) is 5.78. The normalized spacial score (nSPS) is 23.2. The van der Waals surface area contributed by atoms with Crippen molar-refractivity contribution in [2.24, 2.45) is 0 Å². The Morgan fingerprint density at radius 3 is 2.61 bits per heavy atom. The standard InChI is InChI=1S/C11H12FN3O2S/c1-18(16,17)15-11(5-3-2-4-6-11)9-10(12)14-8-7-13-9/h2-5,7-8,15H,6H2,1H3. The minimum absolute atomic E-state index is 0.0315. The topological polar surface area (TPSA) is 72.0 Å². The van der Waals surface area contributed by atoms with Gasteiger partial charge in [-0.25, -0.2) is 13.4 Å². The molecule has 96 valence electrons. The molecule has 1 unspecified atom stereocenters. The number of nitrogens with zero attached hydrogens (tertiary/aromatic N) is 2. The van der Waals surface area contributed by atoms with Crippen molar-refractivity contribution in [2.45, 2.75) is 12.0 Å². The van der Waals surface area contributed by atoms with E-state index < -0.39 is 21.5 Å². The van der Waals surface area contributed by atoms with Crippen LogP contribution in [0.3, 0.4) is 0 Å². The summed E-state index contributed by atoms with van der Waals surface area (Å²) in [5, 5.41) is 0. The van der Waals surface area contributed by atoms with E-state index >= 15 is 0 Å². The lowest BCUT2D eigenvalue weighted by molar-refractivity contribution is 0.432. The van der Waals surface area contributed by atoms with Crippen molar-refractivity contribution in [3.8, 4) is 0 Å². The summed E-state index contributed by atoms with van der Waals surface area (Å²) in [6.45, 7) is 0. The van der Waals surface area contributed by atoms with Gasteiger partial charge in [0.25, 0.3) is 0 Å². The number of rotatable bonds is 3. The molecule has 0 spiro atoms. The van der Waals surface area contributed by atoms with Gasteiger partial charge in [0.1, 0.15) is 11.2 Å². The van der Waals surface area contributed by atoms with Gasteiger partial charge >= 0.3 is 0 Å². The molecule has 0 saturated carbocycles. The lowest BCUT2D eigenvalue weighted by atomic mass is 9.89. The van der Waals surface area contributed by atoms with Crippen molar-refractivity contribution < 1.29 is 12.8 Å². The molecule has 5 nitrogen and oxygen atoms in total. The van der Waals surface area contributed by atoms with E-state index in [0.717, 1.165) is 6.26 Å². The minimum atomic E-state index is -3.52. The number of nitrogens with one attached hydrogen (secondary N) is 1. The van der Waals surface area contributed by atoms with Gasteiger partial charge in [-0.1, -0.05) is 24.3 Å². The highest BCUT2D eigenvalue weighted by molar-refractivity contribution is 7.88. The Balaban J connectivity index is 2.53. The maximum absolute atomic E-state index is 13.7. The molecule has 1 N–H and O–H groups in total. The Morgan fingerprint density at radius 2 is 2.06 bits per heavy atom. The minimum Gasteiger partial charge on any atom is -0.253 e. The summed E-state index contributed by atoms with van der Waals surface area (Å²) in [5.74, 6) is -0.784. The highest BCUT2D eigenvalue weighted by atomic mass is 32.2. The number of allylic oxidation sites excluding steroid dienone is 2. The van der Waals surface area contributed by atoms with Crippen molar-refractivity contribution in [2.75, 3.05) is 6.26 Å². The molecule has 0 fully saturated rings. The molecule has 0 aliphatic heterocycles. The van der Waals surface area contributed by atoms with Gasteiger partial charge in [-0.3, -0.25) is 4.98 Å². The van der Waals surface area contributed by atoms with Crippen LogP contribution in [0.15, 0.2) is 36.7 Å². The van der Waals surface area contributed by atoms with Crippen LogP contribution >= 0.6 is 0 Å². The van der Waals surface area contributed by atoms with Gasteiger partial charge in [-0.2, -0.15) is 9.11 Å². The van der Waals surface area contributed by atoms with E-state index in [1.165, 1.54) is 12.4 Å². The van der Waals surface area contributed by atoms with E-state index in [1.54, 1.807) is 24.3 Å². The molecule has 1 aliphatic rings. The van der Waals surface area contributed by atoms with E-state index in [9.17, 15) is 12.8 Å². The van der Waals surface area contributed by atoms with Crippen LogP contribution in [0.2, 0.25) is 0 Å². The molecule has 0 amide bonds. The largest absolute Gasteiger partial charge is 0.253 e. The Bertz CT molecular complexity index is 612. The van der Waals surface area contributed by atoms with E-state index in [-0.39, 0.29) is 12.1 Å². The van der Waals surface area contributed by atoms with Crippen LogP contribution in [-0.4, -0.2) is 24.6 Å². The highest BCUT2D eigenvalue weighted by Gasteiger charge is 2.36. The zero-order chi connectivity index (χ0) is 13.2. The molecular formula is C11H12FN3O2S. The van der Waals surface area contributed by atoms with Gasteiger partial charge in [0.2, 0.25) is 16.0 Å². The van der Waals surface area contributed by atoms with Gasteiger partial charge < -0.3 is 0 Å². The summed E-state index contributed by atoms with van der Waals surface area (Å²) in [6.07, 6.45) is 10.6. The lowest BCUT2D eigenvalue weighted by Gasteiger charge is -2.30. The van der Waals surface area contributed by atoms with Crippen molar-refractivity contribution >= 4 is 10.0 Å². The lowest BCUT2D eigenvalue weighted by Crippen LogP contribution is -2.45. The zero-order valence-electron chi connectivity index (χ0n) is 9.67. The van der Waals surface area contributed by atoms with Crippen LogP contribution in [0.1, 0.15) is 12.1 Å². The maximum atomic E-state index is 13.7. The van der Waals surface area contributed by atoms with Gasteiger partial charge in [0.15, 0.2) is 0 Å². The predicted octanol–water partition coefficient (Wildman–Crippen LogP) is 0.876. The summed E-state index contributed by atoms with van der Waals surface area (Å²) in [7, 11) is -3.52. The first-order valence-electron chi connectivity index (χ1n) is 5.23. The Kier molecular flexibility index (Phi) is 3.27. The molecule has 7 heteroatoms. The number of sulfonamides is 1.